The van der Waals surface area contributed by atoms with E-state index in [2.05, 4.69) is 10.6 Å². The van der Waals surface area contributed by atoms with Crippen LogP contribution < -0.4 is 15.4 Å². The van der Waals surface area contributed by atoms with Gasteiger partial charge in [-0.15, -0.1) is 0 Å². The van der Waals surface area contributed by atoms with E-state index in [0.29, 0.717) is 10.8 Å². The number of amides is 3. The van der Waals surface area contributed by atoms with E-state index in [1.807, 2.05) is 0 Å². The summed E-state index contributed by atoms with van der Waals surface area (Å²) < 4.78 is 10.6. The lowest BCUT2D eigenvalue weighted by Crippen LogP contribution is -2.46. The van der Waals surface area contributed by atoms with E-state index in [9.17, 15) is 14.4 Å². The number of carbonyl (C=O) groups excluding carboxylic acids is 3. The number of carbonyl (C=O) groups is 3. The maximum atomic E-state index is 12.1. The van der Waals surface area contributed by atoms with Crippen LogP contribution in [0.5, 0.6) is 5.75 Å². The van der Waals surface area contributed by atoms with Gasteiger partial charge in [-0.25, -0.2) is 9.59 Å². The van der Waals surface area contributed by atoms with Crippen molar-refractivity contribution in [3.8, 4) is 5.75 Å². The van der Waals surface area contributed by atoms with Crippen molar-refractivity contribution in [2.75, 3.05) is 0 Å². The molecule has 1 saturated carbocycles. The van der Waals surface area contributed by atoms with E-state index < -0.39 is 30.1 Å². The molecule has 0 spiro atoms. The van der Waals surface area contributed by atoms with Gasteiger partial charge in [0.15, 0.2) is 12.2 Å². The molecule has 0 heterocycles. The van der Waals surface area contributed by atoms with Gasteiger partial charge in [0.1, 0.15) is 5.75 Å². The molecule has 8 heteroatoms. The van der Waals surface area contributed by atoms with Crippen LogP contribution in [0.25, 0.3) is 0 Å². The van der Waals surface area contributed by atoms with Crippen LogP contribution in [0.4, 0.5) is 4.79 Å². The van der Waals surface area contributed by atoms with Gasteiger partial charge in [-0.1, -0.05) is 11.6 Å². The lowest BCUT2D eigenvalue weighted by molar-refractivity contribution is -0.160. The predicted octanol–water partition coefficient (Wildman–Crippen LogP) is 2.34. The number of aryl methyl sites for hydroxylation is 1. The minimum absolute atomic E-state index is 0.127. The van der Waals surface area contributed by atoms with Gasteiger partial charge in [0, 0.05) is 11.1 Å². The van der Waals surface area contributed by atoms with Crippen LogP contribution in [-0.4, -0.2) is 36.2 Å². The van der Waals surface area contributed by atoms with E-state index in [-0.39, 0.29) is 6.04 Å². The Kier molecular flexibility index (Phi) is 6.25. The zero-order valence-corrected chi connectivity index (χ0v) is 15.1. The molecule has 1 aliphatic rings. The van der Waals surface area contributed by atoms with Gasteiger partial charge in [0.05, 0.1) is 0 Å². The highest BCUT2D eigenvalue weighted by Crippen LogP contribution is 2.23. The molecule has 25 heavy (non-hydrogen) atoms. The highest BCUT2D eigenvalue weighted by atomic mass is 35.5. The van der Waals surface area contributed by atoms with E-state index >= 15 is 0 Å². The Morgan fingerprint density at radius 3 is 2.48 bits per heavy atom. The van der Waals surface area contributed by atoms with Crippen LogP contribution in [0.1, 0.15) is 32.3 Å². The monoisotopic (exact) mass is 368 g/mol. The highest BCUT2D eigenvalue weighted by Gasteiger charge is 2.27. The average molecular weight is 369 g/mol. The summed E-state index contributed by atoms with van der Waals surface area (Å²) in [6.45, 7) is 4.70. The molecule has 1 fully saturated rings. The number of hydrogen-bond acceptors (Lipinski definition) is 5. The van der Waals surface area contributed by atoms with Gasteiger partial charge in [-0.2, -0.15) is 0 Å². The largest absolute Gasteiger partial charge is 0.479 e. The highest BCUT2D eigenvalue weighted by molar-refractivity contribution is 6.30. The smallest absolute Gasteiger partial charge is 0.347 e. The molecule has 1 aromatic rings. The van der Waals surface area contributed by atoms with Crippen molar-refractivity contribution < 1.29 is 23.9 Å². The van der Waals surface area contributed by atoms with Gasteiger partial charge < -0.3 is 14.8 Å². The van der Waals surface area contributed by atoms with Crippen molar-refractivity contribution in [2.24, 2.45) is 0 Å². The Labute approximate surface area is 151 Å². The zero-order valence-electron chi connectivity index (χ0n) is 14.3. The van der Waals surface area contributed by atoms with Crippen molar-refractivity contribution >= 4 is 29.5 Å². The number of benzene rings is 1. The molecule has 2 rings (SSSR count). The van der Waals surface area contributed by atoms with Crippen LogP contribution in [0.2, 0.25) is 5.02 Å². The summed E-state index contributed by atoms with van der Waals surface area (Å²) in [4.78, 5) is 35.4. The van der Waals surface area contributed by atoms with Gasteiger partial charge in [0.25, 0.3) is 5.91 Å². The third-order valence-corrected chi connectivity index (χ3v) is 3.82. The third-order valence-electron chi connectivity index (χ3n) is 3.58. The second kappa shape index (κ2) is 8.20. The standard InChI is InChI=1S/C17H21ClN2O5/c1-9-8-12(18)4-7-14(9)24-11(3)16(22)25-10(2)15(21)20-17(23)19-13-5-6-13/h4,7-8,10-11,13H,5-6H2,1-3H3,(H2,19,20,21,23). The molecule has 7 nitrogen and oxygen atoms in total. The number of urea groups is 1. The van der Waals surface area contributed by atoms with Crippen LogP contribution in [0, 0.1) is 6.92 Å². The molecule has 0 radical (unpaired) electrons. The van der Waals surface area contributed by atoms with E-state index in [1.54, 1.807) is 25.1 Å². The number of nitrogens with one attached hydrogen (secondary N) is 2. The maximum Gasteiger partial charge on any atom is 0.347 e. The Bertz CT molecular complexity index is 675. The molecule has 136 valence electrons. The zero-order chi connectivity index (χ0) is 18.6. The number of esters is 1. The van der Waals surface area contributed by atoms with Gasteiger partial charge in [0.2, 0.25) is 0 Å². The number of halogens is 1. The molecule has 2 N–H and O–H groups in total. The Morgan fingerprint density at radius 1 is 1.20 bits per heavy atom. The summed E-state index contributed by atoms with van der Waals surface area (Å²) in [5, 5.41) is 5.32. The molecule has 0 aliphatic heterocycles. The van der Waals surface area contributed by atoms with Crippen LogP contribution in [0.3, 0.4) is 0 Å². The average Bonchev–Trinajstić information content (AvgIpc) is 3.33. The van der Waals surface area contributed by atoms with Gasteiger partial charge in [-0.3, -0.25) is 10.1 Å². The Morgan fingerprint density at radius 2 is 1.88 bits per heavy atom. The number of rotatable bonds is 6. The molecule has 1 aromatic carbocycles. The Balaban J connectivity index is 1.82. The van der Waals surface area contributed by atoms with E-state index in [1.165, 1.54) is 13.8 Å². The molecular weight excluding hydrogens is 348 g/mol. The molecule has 0 bridgehead atoms. The van der Waals surface area contributed by atoms with Crippen molar-refractivity contribution in [3.63, 3.8) is 0 Å². The third kappa shape index (κ3) is 5.94. The summed E-state index contributed by atoms with van der Waals surface area (Å²) in [5.74, 6) is -0.907. The topological polar surface area (TPSA) is 93.7 Å². The molecule has 0 aromatic heterocycles. The normalized spacial score (nSPS) is 15.7. The predicted molar refractivity (Wildman–Crippen MR) is 91.5 cm³/mol. The molecule has 3 amide bonds. The molecule has 2 atom stereocenters. The van der Waals surface area contributed by atoms with Crippen LogP contribution in [-0.2, 0) is 14.3 Å². The first-order valence-electron chi connectivity index (χ1n) is 8.01. The first-order valence-corrected chi connectivity index (χ1v) is 8.38. The molecule has 0 saturated heterocycles. The van der Waals surface area contributed by atoms with E-state index in [4.69, 9.17) is 21.1 Å². The second-order valence-corrected chi connectivity index (χ2v) is 6.42. The van der Waals surface area contributed by atoms with Crippen LogP contribution in [0.15, 0.2) is 18.2 Å². The number of ether oxygens (including phenoxy) is 2. The van der Waals surface area contributed by atoms with Gasteiger partial charge >= 0.3 is 12.0 Å². The number of imide groups is 1. The fraction of sp³-hybridized carbons (Fsp3) is 0.471. The first-order chi connectivity index (χ1) is 11.8. The fourth-order valence-electron chi connectivity index (χ4n) is 1.97. The van der Waals surface area contributed by atoms with Crippen molar-refractivity contribution in [3.05, 3.63) is 28.8 Å². The lowest BCUT2D eigenvalue weighted by Gasteiger charge is -2.18. The Hall–Kier alpha value is -2.28. The number of hydrogen-bond donors (Lipinski definition) is 2. The lowest BCUT2D eigenvalue weighted by atomic mass is 10.2. The van der Waals surface area contributed by atoms with Crippen LogP contribution >= 0.6 is 11.6 Å². The fourth-order valence-corrected chi connectivity index (χ4v) is 2.20. The van der Waals surface area contributed by atoms with Gasteiger partial charge in [-0.05, 0) is 57.4 Å². The summed E-state index contributed by atoms with van der Waals surface area (Å²) in [6.07, 6.45) is -0.221. The minimum Gasteiger partial charge on any atom is -0.479 e. The van der Waals surface area contributed by atoms with E-state index in [0.717, 1.165) is 18.4 Å². The maximum absolute atomic E-state index is 12.1. The summed E-state index contributed by atoms with van der Waals surface area (Å²) >= 11 is 5.87. The molecular formula is C17H21ClN2O5. The molecule has 1 aliphatic carbocycles. The summed E-state index contributed by atoms with van der Waals surface area (Å²) in [5.41, 5.74) is 0.773. The molecule has 2 unspecified atom stereocenters. The minimum atomic E-state index is -1.12. The van der Waals surface area contributed by atoms with Crippen molar-refractivity contribution in [1.82, 2.24) is 10.6 Å². The first kappa shape index (κ1) is 19.1. The SMILES string of the molecule is Cc1cc(Cl)ccc1OC(C)C(=O)OC(C)C(=O)NC(=O)NC1CC1. The van der Waals surface area contributed by atoms with Crippen molar-refractivity contribution in [1.29, 1.82) is 0 Å². The second-order valence-electron chi connectivity index (χ2n) is 5.99. The summed E-state index contributed by atoms with van der Waals surface area (Å²) in [6, 6.07) is 4.55. The van der Waals surface area contributed by atoms with Crippen molar-refractivity contribution in [2.45, 2.75) is 51.9 Å². The summed E-state index contributed by atoms with van der Waals surface area (Å²) in [7, 11) is 0. The quantitative estimate of drug-likeness (QED) is 0.751.